The van der Waals surface area contributed by atoms with E-state index in [4.69, 9.17) is 6.42 Å². The molecule has 1 aromatic heterocycles. The molecule has 2 aliphatic rings. The molecule has 2 atom stereocenters. The average Bonchev–Trinajstić information content (AvgIpc) is 3.21. The molecule has 7 heteroatoms. The molecule has 158 valence electrons. The number of amidine groups is 1. The molecule has 30 heavy (non-hydrogen) atoms. The Balaban J connectivity index is 1.47. The van der Waals surface area contributed by atoms with Crippen LogP contribution in [0.3, 0.4) is 0 Å². The van der Waals surface area contributed by atoms with E-state index in [2.05, 4.69) is 43.8 Å². The molecule has 0 aromatic carbocycles. The van der Waals surface area contributed by atoms with E-state index in [-0.39, 0.29) is 12.1 Å². The number of pyridine rings is 1. The Morgan fingerprint density at radius 1 is 1.43 bits per heavy atom. The van der Waals surface area contributed by atoms with Crippen LogP contribution in [0.25, 0.3) is 0 Å². The highest BCUT2D eigenvalue weighted by Crippen LogP contribution is 2.20. The predicted octanol–water partition coefficient (Wildman–Crippen LogP) is 3.40. The number of halogens is 1. The van der Waals surface area contributed by atoms with Crippen LogP contribution < -0.4 is 16.0 Å². The zero-order chi connectivity index (χ0) is 21.3. The van der Waals surface area contributed by atoms with E-state index in [1.165, 1.54) is 0 Å². The highest BCUT2D eigenvalue weighted by Gasteiger charge is 2.17. The summed E-state index contributed by atoms with van der Waals surface area (Å²) in [5, 5.41) is 9.65. The fourth-order valence-electron chi connectivity index (χ4n) is 3.26. The maximum atomic E-state index is 14.5. The lowest BCUT2D eigenvalue weighted by molar-refractivity contribution is 0.554. The van der Waals surface area contributed by atoms with Gasteiger partial charge in [0, 0.05) is 48.9 Å². The van der Waals surface area contributed by atoms with Gasteiger partial charge in [-0.1, -0.05) is 18.9 Å². The number of anilines is 1. The van der Waals surface area contributed by atoms with Crippen molar-refractivity contribution in [2.45, 2.75) is 45.7 Å². The first-order valence-corrected chi connectivity index (χ1v) is 10.4. The number of nitrogens with zero attached hydrogens (tertiary/aromatic N) is 3. The molecule has 0 bridgehead atoms. The number of allylic oxidation sites excluding steroid dienone is 1. The molecule has 3 rings (SSSR count). The van der Waals surface area contributed by atoms with E-state index in [1.807, 2.05) is 31.6 Å². The van der Waals surface area contributed by atoms with E-state index in [0.29, 0.717) is 30.9 Å². The molecule has 1 aromatic rings. The Kier molecular flexibility index (Phi) is 7.61. The predicted molar refractivity (Wildman–Crippen MR) is 121 cm³/mol. The summed E-state index contributed by atoms with van der Waals surface area (Å²) in [7, 11) is 0. The minimum atomic E-state index is -0.444. The third-order valence-electron chi connectivity index (χ3n) is 4.99. The number of nitrogens with one attached hydrogen (secondary N) is 3. The van der Waals surface area contributed by atoms with Gasteiger partial charge in [-0.3, -0.25) is 4.99 Å². The zero-order valence-electron chi connectivity index (χ0n) is 17.6. The fourth-order valence-corrected chi connectivity index (χ4v) is 3.26. The number of hydrogen-bond acceptors (Lipinski definition) is 6. The standard InChI is InChI=1S/C23H29FN6/c1-4-6-20-26-13-18(14-27-20)15-28-21-8-7-19(23(24)30-21)9-17-10-22(29-12-17)25-11-16(3)5-2/h2,7-8,11-13,18,22,25,29H,4,6,9-10,14-15H2,1,3H3,(H,28,30)/b16-11-. The highest BCUT2D eigenvalue weighted by molar-refractivity contribution is 5.91. The van der Waals surface area contributed by atoms with E-state index in [9.17, 15) is 4.39 Å². The normalized spacial score (nSPS) is 20.8. The molecule has 0 saturated carbocycles. The topological polar surface area (TPSA) is 73.7 Å². The Bertz CT molecular complexity index is 909. The molecular weight excluding hydrogens is 379 g/mol. The van der Waals surface area contributed by atoms with Gasteiger partial charge in [0.15, 0.2) is 0 Å². The van der Waals surface area contributed by atoms with Gasteiger partial charge in [-0.2, -0.15) is 4.39 Å². The average molecular weight is 409 g/mol. The SMILES string of the molecule is C#C/C(C)=C\NC1CC(Cc2ccc(NCC3C=NC(CCC)=NC3)nc2F)=CN1. The lowest BCUT2D eigenvalue weighted by Crippen LogP contribution is -2.32. The summed E-state index contributed by atoms with van der Waals surface area (Å²) in [5.74, 6) is 3.76. The summed E-state index contributed by atoms with van der Waals surface area (Å²) in [6.45, 7) is 5.32. The number of hydrogen-bond donors (Lipinski definition) is 3. The van der Waals surface area contributed by atoms with E-state index in [1.54, 1.807) is 6.07 Å². The zero-order valence-corrected chi connectivity index (χ0v) is 17.6. The van der Waals surface area contributed by atoms with E-state index in [0.717, 1.165) is 36.2 Å². The largest absolute Gasteiger partial charge is 0.371 e. The van der Waals surface area contributed by atoms with Crippen molar-refractivity contribution in [1.29, 1.82) is 0 Å². The molecular formula is C23H29FN6. The quantitative estimate of drug-likeness (QED) is 0.433. The van der Waals surface area contributed by atoms with Crippen molar-refractivity contribution < 1.29 is 4.39 Å². The fraction of sp³-hybridized carbons (Fsp3) is 0.435. The molecule has 0 fully saturated rings. The van der Waals surface area contributed by atoms with Gasteiger partial charge in [0.2, 0.25) is 5.95 Å². The van der Waals surface area contributed by atoms with Crippen LogP contribution in [0.1, 0.15) is 38.7 Å². The van der Waals surface area contributed by atoms with Gasteiger partial charge in [0.05, 0.1) is 12.7 Å². The van der Waals surface area contributed by atoms with Gasteiger partial charge in [0.25, 0.3) is 0 Å². The van der Waals surface area contributed by atoms with Crippen LogP contribution in [0.2, 0.25) is 0 Å². The van der Waals surface area contributed by atoms with Crippen molar-refractivity contribution in [3.63, 3.8) is 0 Å². The van der Waals surface area contributed by atoms with E-state index < -0.39 is 5.95 Å². The maximum absolute atomic E-state index is 14.5. The van der Waals surface area contributed by atoms with Crippen LogP contribution >= 0.6 is 0 Å². The van der Waals surface area contributed by atoms with E-state index >= 15 is 0 Å². The van der Waals surface area contributed by atoms with Gasteiger partial charge in [0.1, 0.15) is 11.7 Å². The summed E-state index contributed by atoms with van der Waals surface area (Å²) in [6, 6.07) is 3.61. The second kappa shape index (κ2) is 10.6. The Morgan fingerprint density at radius 2 is 2.30 bits per heavy atom. The maximum Gasteiger partial charge on any atom is 0.218 e. The summed E-state index contributed by atoms with van der Waals surface area (Å²) < 4.78 is 14.5. The van der Waals surface area contributed by atoms with Crippen molar-refractivity contribution in [2.24, 2.45) is 15.9 Å². The van der Waals surface area contributed by atoms with Gasteiger partial charge in [-0.15, -0.1) is 6.42 Å². The second-order valence-corrected chi connectivity index (χ2v) is 7.61. The summed E-state index contributed by atoms with van der Waals surface area (Å²) in [4.78, 5) is 13.0. The molecule has 2 aliphatic heterocycles. The Hall–Kier alpha value is -3.14. The van der Waals surface area contributed by atoms with Gasteiger partial charge >= 0.3 is 0 Å². The van der Waals surface area contributed by atoms with Crippen LogP contribution in [0.4, 0.5) is 10.2 Å². The molecule has 0 radical (unpaired) electrons. The number of aliphatic imine (C=N–C) groups is 2. The minimum absolute atomic E-state index is 0.0675. The van der Waals surface area contributed by atoms with Crippen LogP contribution in [0.5, 0.6) is 0 Å². The summed E-state index contributed by atoms with van der Waals surface area (Å²) in [6.07, 6.45) is 14.3. The van der Waals surface area contributed by atoms with Gasteiger partial charge in [-0.05, 0) is 37.6 Å². The van der Waals surface area contributed by atoms with Gasteiger partial charge in [-0.25, -0.2) is 9.98 Å². The molecule has 0 spiro atoms. The third-order valence-corrected chi connectivity index (χ3v) is 4.99. The molecule has 6 nitrogen and oxygen atoms in total. The molecule has 2 unspecified atom stereocenters. The third kappa shape index (κ3) is 6.18. The first-order chi connectivity index (χ1) is 14.6. The monoisotopic (exact) mass is 408 g/mol. The molecule has 3 heterocycles. The Labute approximate surface area is 177 Å². The molecule has 0 saturated heterocycles. The molecule has 0 amide bonds. The van der Waals surface area contributed by atoms with Crippen molar-refractivity contribution in [2.75, 3.05) is 18.4 Å². The van der Waals surface area contributed by atoms with Crippen molar-refractivity contribution in [3.8, 4) is 12.3 Å². The van der Waals surface area contributed by atoms with Crippen molar-refractivity contribution >= 4 is 17.9 Å². The van der Waals surface area contributed by atoms with Crippen LogP contribution in [-0.4, -0.2) is 36.3 Å². The molecule has 0 aliphatic carbocycles. The van der Waals surface area contributed by atoms with Crippen LogP contribution in [-0.2, 0) is 6.42 Å². The smallest absolute Gasteiger partial charge is 0.218 e. The first kappa shape index (κ1) is 21.6. The number of rotatable bonds is 9. The van der Waals surface area contributed by atoms with Crippen LogP contribution in [0, 0.1) is 24.2 Å². The molecule has 3 N–H and O–H groups in total. The highest BCUT2D eigenvalue weighted by atomic mass is 19.1. The second-order valence-electron chi connectivity index (χ2n) is 7.61. The number of aromatic nitrogens is 1. The summed E-state index contributed by atoms with van der Waals surface area (Å²) in [5.41, 5.74) is 2.52. The van der Waals surface area contributed by atoms with Crippen LogP contribution in [0.15, 0.2) is 45.7 Å². The first-order valence-electron chi connectivity index (χ1n) is 10.4. The number of terminal acetylenes is 1. The van der Waals surface area contributed by atoms with Gasteiger partial charge < -0.3 is 16.0 Å². The van der Waals surface area contributed by atoms with Crippen molar-refractivity contribution in [3.05, 3.63) is 47.2 Å². The summed E-state index contributed by atoms with van der Waals surface area (Å²) >= 11 is 0. The lowest BCUT2D eigenvalue weighted by atomic mass is 10.1. The lowest BCUT2D eigenvalue weighted by Gasteiger charge is -2.16. The Morgan fingerprint density at radius 3 is 3.00 bits per heavy atom. The van der Waals surface area contributed by atoms with Crippen molar-refractivity contribution in [1.82, 2.24) is 15.6 Å². The minimum Gasteiger partial charge on any atom is -0.371 e.